The molecule has 0 bridgehead atoms. The predicted octanol–water partition coefficient (Wildman–Crippen LogP) is 1.07. The highest BCUT2D eigenvalue weighted by Crippen LogP contribution is 2.24. The van der Waals surface area contributed by atoms with Crippen LogP contribution in [0.3, 0.4) is 0 Å². The van der Waals surface area contributed by atoms with Crippen LogP contribution in [0, 0.1) is 0 Å². The van der Waals surface area contributed by atoms with Crippen molar-refractivity contribution in [3.63, 3.8) is 0 Å². The Morgan fingerprint density at radius 1 is 1.62 bits per heavy atom. The molecular weight excluding hydrogens is 92.5 g/mol. The summed E-state index contributed by atoms with van der Waals surface area (Å²) in [5, 5.41) is 0.153. The summed E-state index contributed by atoms with van der Waals surface area (Å²) in [6.45, 7) is 6.28. The van der Waals surface area contributed by atoms with Gasteiger partial charge in [-0.1, -0.05) is 32.3 Å². The van der Waals surface area contributed by atoms with Crippen LogP contribution in [-0.2, 0) is 0 Å². The molecule has 0 saturated carbocycles. The minimum absolute atomic E-state index is 0.153. The Labute approximate surface area is 55.3 Å². The average molecular weight is 104 g/mol. The molecule has 0 saturated heterocycles. The fourth-order valence-corrected chi connectivity index (χ4v) is 0.418. The van der Waals surface area contributed by atoms with E-state index in [9.17, 15) is 0 Å². The maximum absolute atomic E-state index is 5.37. The van der Waals surface area contributed by atoms with E-state index in [2.05, 4.69) is 21.1 Å². The van der Waals surface area contributed by atoms with Crippen LogP contribution in [-0.4, -0.2) is 22.2 Å². The van der Waals surface area contributed by atoms with Crippen molar-refractivity contribution in [2.24, 2.45) is 0 Å². The Morgan fingerprint density at radius 3 is 2.12 bits per heavy atom. The number of hydrogen-bond acceptors (Lipinski definition) is 0. The first-order valence-electron chi connectivity index (χ1n) is 3.05. The normalized spacial score (nSPS) is 16.9. The van der Waals surface area contributed by atoms with Gasteiger partial charge < -0.3 is 0 Å². The lowest BCUT2D eigenvalue weighted by molar-refractivity contribution is 0.790. The van der Waals surface area contributed by atoms with E-state index in [1.54, 1.807) is 7.17 Å². The van der Waals surface area contributed by atoms with E-state index in [1.165, 1.54) is 0 Å². The molecular formula is C5H11B3. The Bertz CT molecular complexity index is 50.4. The van der Waals surface area contributed by atoms with Gasteiger partial charge in [0.1, 0.15) is 7.28 Å². The first-order valence-corrected chi connectivity index (χ1v) is 3.05. The summed E-state index contributed by atoms with van der Waals surface area (Å²) < 4.78 is 0. The van der Waals surface area contributed by atoms with Crippen molar-refractivity contribution < 1.29 is 0 Å². The van der Waals surface area contributed by atoms with Crippen LogP contribution in [0.5, 0.6) is 0 Å². The molecule has 1 atom stereocenters. The fraction of sp³-hybridized carbons (Fsp3) is 1.00. The quantitative estimate of drug-likeness (QED) is 0.469. The van der Waals surface area contributed by atoms with Gasteiger partial charge >= 0.3 is 0 Å². The molecule has 0 heterocycles. The molecule has 40 valence electrons. The lowest BCUT2D eigenvalue weighted by Crippen LogP contribution is -2.21. The molecule has 8 heavy (non-hydrogen) atoms. The molecule has 0 spiro atoms. The molecule has 0 fully saturated rings. The zero-order valence-electron chi connectivity index (χ0n) is 5.94. The van der Waals surface area contributed by atoms with Crippen LogP contribution in [0.1, 0.15) is 20.3 Å². The SMILES string of the molecule is [B][B]C(C)([B]C)CC. The van der Waals surface area contributed by atoms with Crippen molar-refractivity contribution in [2.75, 3.05) is 0 Å². The minimum Gasteiger partial charge on any atom is -0.0951 e. The average Bonchev–Trinajstić information content (AvgIpc) is 1.87. The van der Waals surface area contributed by atoms with Crippen LogP contribution in [0.4, 0.5) is 0 Å². The Morgan fingerprint density at radius 2 is 2.12 bits per heavy atom. The van der Waals surface area contributed by atoms with Crippen LogP contribution in [0.25, 0.3) is 0 Å². The van der Waals surface area contributed by atoms with Crippen molar-refractivity contribution >= 4 is 22.2 Å². The molecule has 0 aliphatic heterocycles. The lowest BCUT2D eigenvalue weighted by atomic mass is 9.27. The molecule has 0 aromatic carbocycles. The van der Waals surface area contributed by atoms with Crippen LogP contribution < -0.4 is 0 Å². The molecule has 0 aliphatic carbocycles. The summed E-state index contributed by atoms with van der Waals surface area (Å²) in [5.41, 5.74) is 0. The Kier molecular flexibility index (Phi) is 3.35. The van der Waals surface area contributed by atoms with Crippen LogP contribution in [0.15, 0.2) is 0 Å². The standard InChI is InChI=1S/C5H11B3/c1-4-5(2,7-3)8-6/h4H2,1-3H3. The molecule has 3 heteroatoms. The van der Waals surface area contributed by atoms with E-state index in [0.717, 1.165) is 6.42 Å². The van der Waals surface area contributed by atoms with Gasteiger partial charge in [0, 0.05) is 7.74 Å². The van der Waals surface area contributed by atoms with Crippen molar-refractivity contribution in [3.05, 3.63) is 0 Å². The molecule has 0 aromatic rings. The molecule has 4 radical (unpaired) electrons. The smallest absolute Gasteiger partial charge is 0.0951 e. The molecule has 0 amide bonds. The molecule has 1 unspecified atom stereocenters. The third-order valence-corrected chi connectivity index (χ3v) is 1.80. The van der Waals surface area contributed by atoms with E-state index >= 15 is 0 Å². The zero-order chi connectivity index (χ0) is 6.62. The molecule has 0 N–H and O–H groups in total. The molecule has 0 aromatic heterocycles. The second kappa shape index (κ2) is 3.27. The van der Waals surface area contributed by atoms with Crippen molar-refractivity contribution in [2.45, 2.75) is 32.3 Å². The third kappa shape index (κ3) is 1.98. The van der Waals surface area contributed by atoms with Crippen molar-refractivity contribution in [3.8, 4) is 0 Å². The van der Waals surface area contributed by atoms with E-state index in [-0.39, 0.29) is 5.21 Å². The summed E-state index contributed by atoms with van der Waals surface area (Å²) in [7, 11) is 9.23. The largest absolute Gasteiger partial charge is 0.102 e. The van der Waals surface area contributed by atoms with Gasteiger partial charge in [0.05, 0.1) is 7.17 Å². The van der Waals surface area contributed by atoms with Gasteiger partial charge in [0.25, 0.3) is 0 Å². The highest BCUT2D eigenvalue weighted by molar-refractivity contribution is 6.95. The van der Waals surface area contributed by atoms with E-state index < -0.39 is 0 Å². The highest BCUT2D eigenvalue weighted by atomic mass is 14.0. The lowest BCUT2D eigenvalue weighted by Gasteiger charge is -2.23. The van der Waals surface area contributed by atoms with Crippen LogP contribution >= 0.6 is 0 Å². The van der Waals surface area contributed by atoms with Gasteiger partial charge in [-0.25, -0.2) is 0 Å². The fourth-order valence-electron chi connectivity index (χ4n) is 0.418. The summed E-state index contributed by atoms with van der Waals surface area (Å²) >= 11 is 0. The van der Waals surface area contributed by atoms with Crippen molar-refractivity contribution in [1.82, 2.24) is 0 Å². The summed E-state index contributed by atoms with van der Waals surface area (Å²) in [5.74, 6) is 0. The predicted molar refractivity (Wildman–Crippen MR) is 41.8 cm³/mol. The highest BCUT2D eigenvalue weighted by Gasteiger charge is 2.16. The monoisotopic (exact) mass is 104 g/mol. The van der Waals surface area contributed by atoms with Gasteiger partial charge in [-0.05, 0) is 0 Å². The second-order valence-corrected chi connectivity index (χ2v) is 2.31. The maximum atomic E-state index is 5.37. The minimum atomic E-state index is 0.153. The summed E-state index contributed by atoms with van der Waals surface area (Å²) in [4.78, 5) is 0. The first kappa shape index (κ1) is 8.19. The van der Waals surface area contributed by atoms with Gasteiger partial charge in [0.2, 0.25) is 0 Å². The summed E-state index contributed by atoms with van der Waals surface area (Å²) in [6, 6.07) is 0. The number of hydrogen-bond donors (Lipinski definition) is 0. The number of rotatable bonds is 3. The zero-order valence-corrected chi connectivity index (χ0v) is 5.94. The van der Waals surface area contributed by atoms with E-state index in [4.69, 9.17) is 7.74 Å². The van der Waals surface area contributed by atoms with E-state index in [0.29, 0.717) is 0 Å². The van der Waals surface area contributed by atoms with E-state index in [1.807, 2.05) is 6.82 Å². The Hall–Kier alpha value is 0.195. The third-order valence-electron chi connectivity index (χ3n) is 1.80. The topological polar surface area (TPSA) is 0 Å². The first-order chi connectivity index (χ1) is 3.68. The molecule has 0 nitrogen and oxygen atoms in total. The van der Waals surface area contributed by atoms with Crippen LogP contribution in [0.2, 0.25) is 12.0 Å². The molecule has 0 aliphatic rings. The second-order valence-electron chi connectivity index (χ2n) is 2.31. The van der Waals surface area contributed by atoms with Gasteiger partial charge in [-0.2, -0.15) is 0 Å². The molecule has 0 rings (SSSR count). The Balaban J connectivity index is 3.58. The van der Waals surface area contributed by atoms with Crippen molar-refractivity contribution in [1.29, 1.82) is 0 Å². The van der Waals surface area contributed by atoms with Gasteiger partial charge in [-0.3, -0.25) is 0 Å². The van der Waals surface area contributed by atoms with Gasteiger partial charge in [0.15, 0.2) is 0 Å². The maximum Gasteiger partial charge on any atom is 0.102 e. The van der Waals surface area contributed by atoms with Gasteiger partial charge in [-0.15, -0.1) is 0 Å². The summed E-state index contributed by atoms with van der Waals surface area (Å²) in [6.07, 6.45) is 1.08.